The van der Waals surface area contributed by atoms with Gasteiger partial charge in [0.2, 0.25) is 5.91 Å². The van der Waals surface area contributed by atoms with E-state index in [0.717, 1.165) is 22.5 Å². The van der Waals surface area contributed by atoms with E-state index in [1.807, 2.05) is 30.3 Å². The van der Waals surface area contributed by atoms with Crippen LogP contribution in [-0.2, 0) is 17.8 Å². The first kappa shape index (κ1) is 11.9. The number of hydrogen-bond acceptors (Lipinski definition) is 3. The van der Waals surface area contributed by atoms with Crippen LogP contribution in [0.25, 0.3) is 0 Å². The van der Waals surface area contributed by atoms with Crippen LogP contribution in [0.1, 0.15) is 11.1 Å². The number of hydrogen-bond donors (Lipinski definition) is 2. The van der Waals surface area contributed by atoms with Crippen LogP contribution in [0, 0.1) is 0 Å². The molecule has 0 saturated carbocycles. The number of carbonyl (C=O) groups excluding carboxylic acids is 2. The Hall–Kier alpha value is -2.89. The van der Waals surface area contributed by atoms with Crippen LogP contribution in [-0.4, -0.2) is 16.9 Å². The summed E-state index contributed by atoms with van der Waals surface area (Å²) in [7, 11) is 0. The number of carbonyl (C=O) groups is 2. The molecule has 1 aromatic carbocycles. The third kappa shape index (κ3) is 1.84. The van der Waals surface area contributed by atoms with Crippen molar-refractivity contribution >= 4 is 29.1 Å². The maximum absolute atomic E-state index is 12.3. The minimum Gasteiger partial charge on any atom is -0.310 e. The van der Waals surface area contributed by atoms with E-state index >= 15 is 0 Å². The number of fused-ring (bicyclic) bond motifs is 3. The molecule has 6 nitrogen and oxygen atoms in total. The van der Waals surface area contributed by atoms with Crippen LogP contribution in [0.4, 0.5) is 22.0 Å². The van der Waals surface area contributed by atoms with E-state index in [1.54, 1.807) is 11.1 Å². The van der Waals surface area contributed by atoms with Crippen LogP contribution in [0.15, 0.2) is 36.5 Å². The first-order valence-corrected chi connectivity index (χ1v) is 6.66. The van der Waals surface area contributed by atoms with Crippen molar-refractivity contribution in [3.8, 4) is 0 Å². The average Bonchev–Trinajstić information content (AvgIpc) is 2.88. The number of nitrogens with one attached hydrogen (secondary N) is 2. The number of anilines is 3. The lowest BCUT2D eigenvalue weighted by molar-refractivity contribution is -0.115. The smallest absolute Gasteiger partial charge is 0.310 e. The van der Waals surface area contributed by atoms with Crippen LogP contribution >= 0.6 is 0 Å². The van der Waals surface area contributed by atoms with Crippen molar-refractivity contribution in [3.05, 3.63) is 47.7 Å². The largest absolute Gasteiger partial charge is 0.326 e. The lowest BCUT2D eigenvalue weighted by Gasteiger charge is -2.30. The van der Waals surface area contributed by atoms with Crippen molar-refractivity contribution in [2.24, 2.45) is 0 Å². The molecule has 4 rings (SSSR count). The fraction of sp³-hybridized carbons (Fsp3) is 0.133. The predicted octanol–water partition coefficient (Wildman–Crippen LogP) is 2.13. The van der Waals surface area contributed by atoms with Crippen molar-refractivity contribution in [1.82, 2.24) is 4.98 Å². The Morgan fingerprint density at radius 1 is 1.10 bits per heavy atom. The highest BCUT2D eigenvalue weighted by molar-refractivity contribution is 6.08. The first-order chi connectivity index (χ1) is 10.2. The van der Waals surface area contributed by atoms with E-state index in [2.05, 4.69) is 15.6 Å². The number of rotatable bonds is 1. The van der Waals surface area contributed by atoms with Crippen molar-refractivity contribution in [1.29, 1.82) is 0 Å². The summed E-state index contributed by atoms with van der Waals surface area (Å²) in [6.45, 7) is 0.444. The Morgan fingerprint density at radius 3 is 2.71 bits per heavy atom. The van der Waals surface area contributed by atoms with Gasteiger partial charge < -0.3 is 10.6 Å². The maximum Gasteiger partial charge on any atom is 0.326 e. The second kappa shape index (κ2) is 4.31. The number of pyridine rings is 1. The first-order valence-electron chi connectivity index (χ1n) is 6.66. The molecule has 21 heavy (non-hydrogen) atoms. The average molecular weight is 280 g/mol. The van der Waals surface area contributed by atoms with Gasteiger partial charge in [0.05, 0.1) is 18.7 Å². The van der Waals surface area contributed by atoms with E-state index in [-0.39, 0.29) is 18.4 Å². The van der Waals surface area contributed by atoms with Gasteiger partial charge in [-0.15, -0.1) is 0 Å². The van der Waals surface area contributed by atoms with E-state index in [4.69, 9.17) is 0 Å². The molecule has 0 atom stereocenters. The Kier molecular flexibility index (Phi) is 2.44. The molecule has 104 valence electrons. The zero-order chi connectivity index (χ0) is 14.4. The van der Waals surface area contributed by atoms with Gasteiger partial charge in [-0.05, 0) is 12.1 Å². The number of para-hydroxylation sites is 1. The minimum absolute atomic E-state index is 0.0920. The summed E-state index contributed by atoms with van der Waals surface area (Å²) in [6.07, 6.45) is 1.96. The molecule has 2 aromatic rings. The van der Waals surface area contributed by atoms with Crippen LogP contribution in [0.5, 0.6) is 0 Å². The summed E-state index contributed by atoms with van der Waals surface area (Å²) < 4.78 is 0. The van der Waals surface area contributed by atoms with Crippen LogP contribution in [0.2, 0.25) is 0 Å². The van der Waals surface area contributed by atoms with E-state index < -0.39 is 0 Å². The van der Waals surface area contributed by atoms with E-state index in [1.165, 1.54) is 0 Å². The Morgan fingerprint density at radius 2 is 1.90 bits per heavy atom. The molecule has 0 bridgehead atoms. The second-order valence-corrected chi connectivity index (χ2v) is 5.06. The lowest BCUT2D eigenvalue weighted by Crippen LogP contribution is -2.39. The summed E-state index contributed by atoms with van der Waals surface area (Å²) in [5.41, 5.74) is 3.23. The van der Waals surface area contributed by atoms with Gasteiger partial charge in [0.25, 0.3) is 0 Å². The minimum atomic E-state index is -0.193. The molecule has 0 spiro atoms. The molecule has 3 amide bonds. The lowest BCUT2D eigenvalue weighted by atomic mass is 10.1. The summed E-state index contributed by atoms with van der Waals surface area (Å²) in [5.74, 6) is 0.456. The number of urea groups is 1. The zero-order valence-electron chi connectivity index (χ0n) is 11.1. The number of aromatic nitrogens is 1. The van der Waals surface area contributed by atoms with Gasteiger partial charge in [-0.2, -0.15) is 0 Å². The summed E-state index contributed by atoms with van der Waals surface area (Å²) in [5, 5.41) is 5.57. The van der Waals surface area contributed by atoms with Crippen molar-refractivity contribution in [3.63, 3.8) is 0 Å². The van der Waals surface area contributed by atoms with Gasteiger partial charge in [0, 0.05) is 23.0 Å². The van der Waals surface area contributed by atoms with Crippen LogP contribution in [0.3, 0.4) is 0 Å². The molecule has 0 fully saturated rings. The number of amides is 3. The molecule has 2 aliphatic heterocycles. The standard InChI is InChI=1S/C15H12N4O2/c20-12-6-11-13-9(7-16-14(11)17-12)8-19(15(21)18-13)10-4-2-1-3-5-10/h1-5,7H,6,8H2,(H,18,21)(H,16,17,20). The Labute approximate surface area is 120 Å². The molecule has 0 saturated heterocycles. The molecular weight excluding hydrogens is 268 g/mol. The highest BCUT2D eigenvalue weighted by Gasteiger charge is 2.30. The molecule has 2 N–H and O–H groups in total. The van der Waals surface area contributed by atoms with Crippen molar-refractivity contribution in [2.45, 2.75) is 13.0 Å². The maximum atomic E-state index is 12.3. The van der Waals surface area contributed by atoms with Gasteiger partial charge in [0.15, 0.2) is 0 Å². The molecule has 6 heteroatoms. The number of nitrogens with zero attached hydrogens (tertiary/aromatic N) is 2. The normalized spacial score (nSPS) is 16.1. The molecule has 0 unspecified atom stereocenters. The van der Waals surface area contributed by atoms with Crippen molar-refractivity contribution in [2.75, 3.05) is 15.5 Å². The fourth-order valence-corrected chi connectivity index (χ4v) is 2.72. The number of benzene rings is 1. The summed E-state index contributed by atoms with van der Waals surface area (Å²) in [4.78, 5) is 29.7. The molecule has 0 radical (unpaired) electrons. The van der Waals surface area contributed by atoms with Gasteiger partial charge >= 0.3 is 6.03 Å². The summed E-state index contributed by atoms with van der Waals surface area (Å²) >= 11 is 0. The monoisotopic (exact) mass is 280 g/mol. The SMILES string of the molecule is O=C1Cc2c(ncc3c2NC(=O)N(c2ccccc2)C3)N1. The Bertz CT molecular complexity index is 758. The zero-order valence-corrected chi connectivity index (χ0v) is 11.1. The quantitative estimate of drug-likeness (QED) is 0.840. The fourth-order valence-electron chi connectivity index (χ4n) is 2.72. The Balaban J connectivity index is 1.75. The molecule has 0 aliphatic carbocycles. The second-order valence-electron chi connectivity index (χ2n) is 5.06. The molecule has 3 heterocycles. The highest BCUT2D eigenvalue weighted by Crippen LogP contribution is 2.35. The van der Waals surface area contributed by atoms with E-state index in [9.17, 15) is 9.59 Å². The van der Waals surface area contributed by atoms with Gasteiger partial charge in [0.1, 0.15) is 5.82 Å². The third-order valence-corrected chi connectivity index (χ3v) is 3.73. The van der Waals surface area contributed by atoms with Gasteiger partial charge in [-0.1, -0.05) is 18.2 Å². The van der Waals surface area contributed by atoms with Crippen molar-refractivity contribution < 1.29 is 9.59 Å². The molecular formula is C15H12N4O2. The molecule has 1 aromatic heterocycles. The summed E-state index contributed by atoms with van der Waals surface area (Å²) in [6, 6.07) is 9.27. The van der Waals surface area contributed by atoms with Crippen LogP contribution < -0.4 is 15.5 Å². The molecule has 2 aliphatic rings. The predicted molar refractivity (Wildman–Crippen MR) is 78.2 cm³/mol. The topological polar surface area (TPSA) is 74.3 Å². The van der Waals surface area contributed by atoms with Gasteiger partial charge in [-0.25, -0.2) is 9.78 Å². The highest BCUT2D eigenvalue weighted by atomic mass is 16.2. The van der Waals surface area contributed by atoms with E-state index in [0.29, 0.717) is 12.4 Å². The van der Waals surface area contributed by atoms with Gasteiger partial charge in [-0.3, -0.25) is 9.69 Å². The third-order valence-electron chi connectivity index (χ3n) is 3.73.